The van der Waals surface area contributed by atoms with Gasteiger partial charge in [0.05, 0.1) is 13.2 Å². The Kier molecular flexibility index (Phi) is 47.9. The van der Waals surface area contributed by atoms with Gasteiger partial charge >= 0.3 is 51.4 Å². The fraction of sp³-hybridized carbons (Fsp3) is 1.00. The van der Waals surface area contributed by atoms with E-state index in [1.54, 1.807) is 14.2 Å². The summed E-state index contributed by atoms with van der Waals surface area (Å²) in [5.41, 5.74) is 0. The molecule has 0 unspecified atom stereocenters. The molecule has 0 saturated carbocycles. The van der Waals surface area contributed by atoms with Crippen molar-refractivity contribution in [1.82, 2.24) is 0 Å². The summed E-state index contributed by atoms with van der Waals surface area (Å²) in [7, 11) is 3.25. The topological polar surface area (TPSA) is 49.7 Å². The van der Waals surface area contributed by atoms with E-state index in [4.69, 9.17) is 10.2 Å². The van der Waals surface area contributed by atoms with Gasteiger partial charge in [-0.3, -0.25) is 0 Å². The molecule has 4 heteroatoms. The van der Waals surface area contributed by atoms with E-state index in [0.717, 1.165) is 0 Å². The van der Waals surface area contributed by atoms with Gasteiger partial charge in [0.1, 0.15) is 0 Å². The van der Waals surface area contributed by atoms with Crippen LogP contribution in [0.1, 0.15) is 0 Å². The van der Waals surface area contributed by atoms with Crippen molar-refractivity contribution < 1.29 is 14.9 Å². The van der Waals surface area contributed by atoms with Crippen LogP contribution >= 0.6 is 0 Å². The van der Waals surface area contributed by atoms with Crippen molar-refractivity contribution in [2.45, 2.75) is 0 Å². The van der Waals surface area contributed by atoms with Crippen LogP contribution in [0.25, 0.3) is 0 Å². The normalized spacial score (nSPS) is 6.00. The van der Waals surface area contributed by atoms with Crippen LogP contribution in [-0.4, -0.2) is 89.0 Å². The second-order valence-corrected chi connectivity index (χ2v) is 0.855. The van der Waals surface area contributed by atoms with Gasteiger partial charge in [0, 0.05) is 14.2 Å². The molecule has 0 aromatic rings. The zero-order valence-electron chi connectivity index (χ0n) is 4.72. The second kappa shape index (κ2) is 23.6. The summed E-state index contributed by atoms with van der Waals surface area (Å²) >= 11 is 0. The molecule has 0 amide bonds. The zero-order valence-corrected chi connectivity index (χ0v) is 4.72. The van der Waals surface area contributed by atoms with Gasteiger partial charge in [0.2, 0.25) is 0 Å². The Balaban J connectivity index is -0.0000000575. The zero-order chi connectivity index (χ0) is 6.12. The summed E-state index contributed by atoms with van der Waals surface area (Å²) in [5.74, 6) is 0. The molecule has 8 heavy (non-hydrogen) atoms. The molecule has 0 atom stereocenters. The Bertz CT molecular complexity index is 18.8. The number of hydrogen-bond donors (Lipinski definition) is 2. The molecule has 0 saturated heterocycles. The average Bonchev–Trinajstić information content (AvgIpc) is 1.69. The molecule has 0 radical (unpaired) electrons. The first-order valence-electron chi connectivity index (χ1n) is 1.95. The van der Waals surface area contributed by atoms with Crippen molar-refractivity contribution in [2.24, 2.45) is 0 Å². The Morgan fingerprint density at radius 3 is 1.25 bits per heavy atom. The van der Waals surface area contributed by atoms with Gasteiger partial charge in [0.25, 0.3) is 0 Å². The van der Waals surface area contributed by atoms with Gasteiger partial charge in [0.15, 0.2) is 0 Å². The molecule has 2 N–H and O–H groups in total. The number of hydrogen-bond acceptors (Lipinski definition) is 3. The summed E-state index contributed by atoms with van der Waals surface area (Å²) in [4.78, 5) is 0. The van der Waals surface area contributed by atoms with Gasteiger partial charge in [-0.15, -0.1) is 0 Å². The van der Waals surface area contributed by atoms with E-state index < -0.39 is 0 Å². The van der Waals surface area contributed by atoms with Crippen LogP contribution in [-0.2, 0) is 4.74 Å². The first-order chi connectivity index (χ1) is 3.33. The molecule has 0 aliphatic heterocycles. The van der Waals surface area contributed by atoms with Gasteiger partial charge < -0.3 is 14.9 Å². The molecular formula is C4H13KO3. The maximum absolute atomic E-state index is 7.62. The molecule has 0 aromatic carbocycles. The summed E-state index contributed by atoms with van der Waals surface area (Å²) in [6.07, 6.45) is 0. The van der Waals surface area contributed by atoms with Crippen LogP contribution in [0.15, 0.2) is 0 Å². The van der Waals surface area contributed by atoms with E-state index >= 15 is 0 Å². The number of aliphatic hydroxyl groups is 2. The fourth-order valence-corrected chi connectivity index (χ4v) is 0. The van der Waals surface area contributed by atoms with Gasteiger partial charge in [-0.05, 0) is 0 Å². The average molecular weight is 148 g/mol. The molecule has 0 fully saturated rings. The summed E-state index contributed by atoms with van der Waals surface area (Å²) in [6, 6.07) is 0. The van der Waals surface area contributed by atoms with Crippen LogP contribution in [0.3, 0.4) is 0 Å². The van der Waals surface area contributed by atoms with E-state index in [9.17, 15) is 0 Å². The third kappa shape index (κ3) is 50.4. The van der Waals surface area contributed by atoms with Crippen molar-refractivity contribution in [3.8, 4) is 0 Å². The quantitative estimate of drug-likeness (QED) is 0.449. The van der Waals surface area contributed by atoms with E-state index in [1.165, 1.54) is 0 Å². The Hall–Kier alpha value is 1.52. The Morgan fingerprint density at radius 2 is 1.25 bits per heavy atom. The van der Waals surface area contributed by atoms with Gasteiger partial charge in [-0.25, -0.2) is 0 Å². The molecule has 0 heterocycles. The minimum absolute atomic E-state index is 0. The monoisotopic (exact) mass is 148 g/mol. The summed E-state index contributed by atoms with van der Waals surface area (Å²) < 4.78 is 4.25. The van der Waals surface area contributed by atoms with Crippen LogP contribution in [0.4, 0.5) is 0 Å². The molecule has 0 aromatic heterocycles. The SMILES string of the molecule is COC.OCCO.[KH]. The molecule has 0 aliphatic carbocycles. The molecule has 0 rings (SSSR count). The molecule has 0 spiro atoms. The van der Waals surface area contributed by atoms with Crippen molar-refractivity contribution in [3.63, 3.8) is 0 Å². The fourth-order valence-electron chi connectivity index (χ4n) is 0. The van der Waals surface area contributed by atoms with Crippen LogP contribution < -0.4 is 0 Å². The van der Waals surface area contributed by atoms with E-state index in [0.29, 0.717) is 0 Å². The Morgan fingerprint density at radius 1 is 1.12 bits per heavy atom. The van der Waals surface area contributed by atoms with Crippen molar-refractivity contribution in [2.75, 3.05) is 27.4 Å². The molecule has 0 aliphatic rings. The van der Waals surface area contributed by atoms with Crippen molar-refractivity contribution in [1.29, 1.82) is 0 Å². The predicted molar refractivity (Wildman–Crippen MR) is 34.3 cm³/mol. The van der Waals surface area contributed by atoms with E-state index in [1.807, 2.05) is 0 Å². The van der Waals surface area contributed by atoms with E-state index in [-0.39, 0.29) is 64.6 Å². The Labute approximate surface area is 92.5 Å². The standard InChI is InChI=1S/C2H6O2.C2H6O.K.H/c3-1-2-4;1-3-2;;/h3-4H,1-2H2;1-2H3;;. The third-order valence-corrected chi connectivity index (χ3v) is 0.1000. The first-order valence-corrected chi connectivity index (χ1v) is 1.95. The first kappa shape index (κ1) is 16.3. The van der Waals surface area contributed by atoms with Crippen LogP contribution in [0.5, 0.6) is 0 Å². The predicted octanol–water partition coefficient (Wildman–Crippen LogP) is -1.41. The van der Waals surface area contributed by atoms with Gasteiger partial charge in [-0.2, -0.15) is 0 Å². The third-order valence-electron chi connectivity index (χ3n) is 0.1000. The minimum atomic E-state index is -0.125. The maximum atomic E-state index is 7.62. The van der Waals surface area contributed by atoms with Crippen molar-refractivity contribution in [3.05, 3.63) is 0 Å². The summed E-state index contributed by atoms with van der Waals surface area (Å²) in [6.45, 7) is -0.250. The number of ether oxygens (including phenoxy) is 1. The number of rotatable bonds is 1. The molecule has 3 nitrogen and oxygen atoms in total. The van der Waals surface area contributed by atoms with Crippen LogP contribution in [0.2, 0.25) is 0 Å². The molecular weight excluding hydrogens is 135 g/mol. The molecule has 48 valence electrons. The number of methoxy groups -OCH3 is 1. The second-order valence-electron chi connectivity index (χ2n) is 0.855. The van der Waals surface area contributed by atoms with Crippen molar-refractivity contribution >= 4 is 51.4 Å². The summed E-state index contributed by atoms with van der Waals surface area (Å²) in [5, 5.41) is 15.2. The molecule has 0 bridgehead atoms. The van der Waals surface area contributed by atoms with Crippen LogP contribution in [0, 0.1) is 0 Å². The van der Waals surface area contributed by atoms with Gasteiger partial charge in [-0.1, -0.05) is 0 Å². The number of aliphatic hydroxyl groups excluding tert-OH is 2. The van der Waals surface area contributed by atoms with E-state index in [2.05, 4.69) is 4.74 Å².